The van der Waals surface area contributed by atoms with E-state index in [1.54, 1.807) is 18.4 Å². The molecule has 1 N–H and O–H groups in total. The van der Waals surface area contributed by atoms with E-state index in [0.29, 0.717) is 5.56 Å². The van der Waals surface area contributed by atoms with Crippen molar-refractivity contribution in [3.8, 4) is 0 Å². The minimum atomic E-state index is -0.554. The fraction of sp³-hybridized carbons (Fsp3) is 0.400. The summed E-state index contributed by atoms with van der Waals surface area (Å²) < 4.78 is 26.8. The van der Waals surface area contributed by atoms with Crippen molar-refractivity contribution in [2.24, 2.45) is 0 Å². The number of halogens is 2. The molecule has 20 heavy (non-hydrogen) atoms. The molecule has 1 atom stereocenters. The third-order valence-electron chi connectivity index (χ3n) is 3.62. The molecule has 0 saturated carbocycles. The summed E-state index contributed by atoms with van der Waals surface area (Å²) in [5.74, 6) is -1.11. The van der Waals surface area contributed by atoms with Crippen LogP contribution in [0.1, 0.15) is 40.0 Å². The molecule has 5 heteroatoms. The molecule has 2 nitrogen and oxygen atoms in total. The van der Waals surface area contributed by atoms with Crippen molar-refractivity contribution in [2.75, 3.05) is 7.05 Å². The van der Waals surface area contributed by atoms with Gasteiger partial charge in [-0.15, -0.1) is 11.3 Å². The third kappa shape index (κ3) is 2.60. The number of nitrogens with one attached hydrogen (secondary N) is 1. The van der Waals surface area contributed by atoms with Gasteiger partial charge < -0.3 is 5.32 Å². The van der Waals surface area contributed by atoms with Crippen molar-refractivity contribution in [1.29, 1.82) is 0 Å². The summed E-state index contributed by atoms with van der Waals surface area (Å²) in [6, 6.07) is 3.37. The normalized spacial score (nSPS) is 15.9. The van der Waals surface area contributed by atoms with Crippen molar-refractivity contribution in [1.82, 2.24) is 10.3 Å². The SMILES string of the molecule is CNC(c1cc(F)cc(F)c1)c1nc2c(s1)CCCC2. The van der Waals surface area contributed by atoms with Crippen molar-refractivity contribution >= 4 is 11.3 Å². The molecule has 1 aromatic carbocycles. The van der Waals surface area contributed by atoms with E-state index in [2.05, 4.69) is 10.3 Å². The van der Waals surface area contributed by atoms with E-state index in [0.717, 1.165) is 29.6 Å². The van der Waals surface area contributed by atoms with Crippen LogP contribution in [0.4, 0.5) is 8.78 Å². The molecule has 1 aliphatic rings. The average Bonchev–Trinajstić information content (AvgIpc) is 2.81. The van der Waals surface area contributed by atoms with Crippen LogP contribution in [0, 0.1) is 11.6 Å². The van der Waals surface area contributed by atoms with Crippen LogP contribution in [-0.4, -0.2) is 12.0 Å². The second kappa shape index (κ2) is 5.58. The Labute approximate surface area is 120 Å². The van der Waals surface area contributed by atoms with E-state index < -0.39 is 11.6 Å². The maximum atomic E-state index is 13.4. The third-order valence-corrected chi connectivity index (χ3v) is 4.84. The predicted molar refractivity (Wildman–Crippen MR) is 76.0 cm³/mol. The largest absolute Gasteiger partial charge is 0.307 e. The molecule has 0 aliphatic heterocycles. The summed E-state index contributed by atoms with van der Waals surface area (Å²) >= 11 is 1.66. The van der Waals surface area contributed by atoms with Gasteiger partial charge in [-0.25, -0.2) is 13.8 Å². The molecule has 1 unspecified atom stereocenters. The lowest BCUT2D eigenvalue weighted by molar-refractivity contribution is 0.571. The second-order valence-electron chi connectivity index (χ2n) is 5.05. The van der Waals surface area contributed by atoms with Gasteiger partial charge in [0.25, 0.3) is 0 Å². The number of fused-ring (bicyclic) bond motifs is 1. The van der Waals surface area contributed by atoms with Crippen LogP contribution in [0.15, 0.2) is 18.2 Å². The van der Waals surface area contributed by atoms with Gasteiger partial charge in [-0.3, -0.25) is 0 Å². The van der Waals surface area contributed by atoms with Gasteiger partial charge in [-0.05, 0) is 50.4 Å². The topological polar surface area (TPSA) is 24.9 Å². The Bertz CT molecular complexity index is 581. The Morgan fingerprint density at radius 2 is 1.85 bits per heavy atom. The van der Waals surface area contributed by atoms with E-state index >= 15 is 0 Å². The highest BCUT2D eigenvalue weighted by Gasteiger charge is 2.22. The van der Waals surface area contributed by atoms with Crippen LogP contribution in [0.25, 0.3) is 0 Å². The summed E-state index contributed by atoms with van der Waals surface area (Å²) in [5.41, 5.74) is 1.74. The quantitative estimate of drug-likeness (QED) is 0.935. The Kier molecular flexibility index (Phi) is 3.81. The molecule has 3 rings (SSSR count). The molecule has 1 heterocycles. The molecule has 0 bridgehead atoms. The lowest BCUT2D eigenvalue weighted by atomic mass is 10.0. The fourth-order valence-corrected chi connectivity index (χ4v) is 3.96. The molecule has 1 aliphatic carbocycles. The summed E-state index contributed by atoms with van der Waals surface area (Å²) in [6.07, 6.45) is 4.46. The second-order valence-corrected chi connectivity index (χ2v) is 6.17. The molecule has 0 spiro atoms. The van der Waals surface area contributed by atoms with Crippen LogP contribution >= 0.6 is 11.3 Å². The number of nitrogens with zero attached hydrogens (tertiary/aromatic N) is 1. The highest BCUT2D eigenvalue weighted by Crippen LogP contribution is 2.32. The van der Waals surface area contributed by atoms with Crippen molar-refractivity contribution in [2.45, 2.75) is 31.7 Å². The molecule has 0 fully saturated rings. The minimum Gasteiger partial charge on any atom is -0.307 e. The van der Waals surface area contributed by atoms with E-state index in [9.17, 15) is 8.78 Å². The van der Waals surface area contributed by atoms with Gasteiger partial charge in [0.05, 0.1) is 11.7 Å². The maximum absolute atomic E-state index is 13.4. The zero-order valence-corrected chi connectivity index (χ0v) is 12.1. The maximum Gasteiger partial charge on any atom is 0.126 e. The fourth-order valence-electron chi connectivity index (χ4n) is 2.67. The smallest absolute Gasteiger partial charge is 0.126 e. The van der Waals surface area contributed by atoms with Gasteiger partial charge in [-0.2, -0.15) is 0 Å². The minimum absolute atomic E-state index is 0.254. The number of rotatable bonds is 3. The van der Waals surface area contributed by atoms with Gasteiger partial charge in [0.1, 0.15) is 16.6 Å². The Morgan fingerprint density at radius 1 is 1.15 bits per heavy atom. The van der Waals surface area contributed by atoms with Crippen molar-refractivity contribution in [3.05, 3.63) is 51.0 Å². The molecule has 0 radical (unpaired) electrons. The molecular weight excluding hydrogens is 278 g/mol. The van der Waals surface area contributed by atoms with Gasteiger partial charge in [0, 0.05) is 10.9 Å². The number of hydrogen-bond acceptors (Lipinski definition) is 3. The Balaban J connectivity index is 1.98. The number of aromatic nitrogens is 1. The molecule has 1 aromatic heterocycles. The first-order valence-electron chi connectivity index (χ1n) is 6.79. The number of benzene rings is 1. The van der Waals surface area contributed by atoms with Gasteiger partial charge in [-0.1, -0.05) is 0 Å². The van der Waals surface area contributed by atoms with Crippen molar-refractivity contribution in [3.63, 3.8) is 0 Å². The zero-order chi connectivity index (χ0) is 14.1. The van der Waals surface area contributed by atoms with Crippen molar-refractivity contribution < 1.29 is 8.78 Å². The van der Waals surface area contributed by atoms with E-state index in [1.165, 1.54) is 29.9 Å². The van der Waals surface area contributed by atoms with Crippen LogP contribution in [-0.2, 0) is 12.8 Å². The van der Waals surface area contributed by atoms with Crippen LogP contribution in [0.2, 0.25) is 0 Å². The summed E-state index contributed by atoms with van der Waals surface area (Å²) in [5, 5.41) is 4.01. The molecule has 2 aromatic rings. The standard InChI is InChI=1S/C15H16F2N2S/c1-18-14(9-6-10(16)8-11(17)7-9)15-19-12-4-2-3-5-13(12)20-15/h6-8,14,18H,2-5H2,1H3. The number of hydrogen-bond donors (Lipinski definition) is 1. The first-order valence-corrected chi connectivity index (χ1v) is 7.61. The highest BCUT2D eigenvalue weighted by molar-refractivity contribution is 7.11. The monoisotopic (exact) mass is 294 g/mol. The van der Waals surface area contributed by atoms with Gasteiger partial charge >= 0.3 is 0 Å². The van der Waals surface area contributed by atoms with E-state index in [4.69, 9.17) is 0 Å². The molecule has 106 valence electrons. The zero-order valence-electron chi connectivity index (χ0n) is 11.2. The lowest BCUT2D eigenvalue weighted by Crippen LogP contribution is -2.18. The average molecular weight is 294 g/mol. The summed E-state index contributed by atoms with van der Waals surface area (Å²) in [6.45, 7) is 0. The van der Waals surface area contributed by atoms with Gasteiger partial charge in [0.2, 0.25) is 0 Å². The number of aryl methyl sites for hydroxylation is 2. The molecule has 0 saturated heterocycles. The lowest BCUT2D eigenvalue weighted by Gasteiger charge is -2.14. The van der Waals surface area contributed by atoms with Crippen LogP contribution in [0.3, 0.4) is 0 Å². The van der Waals surface area contributed by atoms with E-state index in [-0.39, 0.29) is 6.04 Å². The first-order chi connectivity index (χ1) is 9.67. The Morgan fingerprint density at radius 3 is 2.50 bits per heavy atom. The first kappa shape index (κ1) is 13.6. The molecular formula is C15H16F2N2S. The predicted octanol–water partition coefficient (Wildman–Crippen LogP) is 3.61. The van der Waals surface area contributed by atoms with Gasteiger partial charge in [0.15, 0.2) is 0 Å². The summed E-state index contributed by atoms with van der Waals surface area (Å²) in [4.78, 5) is 5.99. The van der Waals surface area contributed by atoms with Crippen LogP contribution in [0.5, 0.6) is 0 Å². The highest BCUT2D eigenvalue weighted by atomic mass is 32.1. The van der Waals surface area contributed by atoms with Crippen LogP contribution < -0.4 is 5.32 Å². The summed E-state index contributed by atoms with van der Waals surface area (Å²) in [7, 11) is 1.79. The van der Waals surface area contributed by atoms with E-state index in [1.807, 2.05) is 0 Å². The number of thiazole rings is 1. The molecule has 0 amide bonds. The Hall–Kier alpha value is -1.33.